The second kappa shape index (κ2) is 5.53. The maximum atomic E-state index is 4.28. The van der Waals surface area contributed by atoms with Crippen LogP contribution in [-0.4, -0.2) is 27.0 Å². The first-order valence-corrected chi connectivity index (χ1v) is 5.96. The Balaban J connectivity index is 2.14. The largest absolute Gasteiger partial charge is 0.352 e. The van der Waals surface area contributed by atoms with Crippen molar-refractivity contribution >= 4 is 5.82 Å². The molecule has 0 bridgehead atoms. The minimum Gasteiger partial charge on any atom is -0.352 e. The summed E-state index contributed by atoms with van der Waals surface area (Å²) in [5, 5.41) is 0. The van der Waals surface area contributed by atoms with Gasteiger partial charge in [0.25, 0.3) is 0 Å². The Bertz CT molecular complexity index is 498. The third kappa shape index (κ3) is 3.00. The van der Waals surface area contributed by atoms with Crippen LogP contribution in [0.1, 0.15) is 31.3 Å². The van der Waals surface area contributed by atoms with Crippen molar-refractivity contribution in [2.24, 2.45) is 0 Å². The van der Waals surface area contributed by atoms with Crippen LogP contribution in [0.25, 0.3) is 0 Å². The lowest BCUT2D eigenvalue weighted by molar-refractivity contribution is 0.789. The van der Waals surface area contributed by atoms with Gasteiger partial charge in [-0.05, 0) is 12.0 Å². The zero-order chi connectivity index (χ0) is 13.0. The van der Waals surface area contributed by atoms with E-state index in [-0.39, 0.29) is 0 Å². The second-order valence-electron chi connectivity index (χ2n) is 4.48. The Kier molecular flexibility index (Phi) is 3.82. The van der Waals surface area contributed by atoms with Crippen molar-refractivity contribution in [3.05, 3.63) is 42.4 Å². The van der Waals surface area contributed by atoms with Gasteiger partial charge in [-0.2, -0.15) is 0 Å². The van der Waals surface area contributed by atoms with Crippen LogP contribution >= 0.6 is 0 Å². The highest BCUT2D eigenvalue weighted by Crippen LogP contribution is 2.16. The fourth-order valence-electron chi connectivity index (χ4n) is 1.59. The molecule has 0 atom stereocenters. The summed E-state index contributed by atoms with van der Waals surface area (Å²) >= 11 is 0. The molecule has 0 unspecified atom stereocenters. The van der Waals surface area contributed by atoms with Crippen molar-refractivity contribution in [3.8, 4) is 0 Å². The topological polar surface area (TPSA) is 54.8 Å². The van der Waals surface area contributed by atoms with Crippen molar-refractivity contribution in [1.29, 1.82) is 0 Å². The van der Waals surface area contributed by atoms with E-state index in [9.17, 15) is 0 Å². The van der Waals surface area contributed by atoms with E-state index < -0.39 is 0 Å². The minimum atomic E-state index is 0.396. The van der Waals surface area contributed by atoms with Gasteiger partial charge >= 0.3 is 0 Å². The molecule has 2 aromatic rings. The molecule has 0 amide bonds. The maximum Gasteiger partial charge on any atom is 0.147 e. The normalized spacial score (nSPS) is 10.7. The van der Waals surface area contributed by atoms with Crippen LogP contribution in [0.3, 0.4) is 0 Å². The zero-order valence-corrected chi connectivity index (χ0v) is 10.9. The van der Waals surface area contributed by atoms with Gasteiger partial charge in [0.2, 0.25) is 0 Å². The first kappa shape index (κ1) is 12.4. The van der Waals surface area contributed by atoms with Crippen LogP contribution in [0.2, 0.25) is 0 Å². The molecule has 2 rings (SSSR count). The van der Waals surface area contributed by atoms with Crippen LogP contribution < -0.4 is 4.90 Å². The number of anilines is 1. The van der Waals surface area contributed by atoms with Crippen molar-refractivity contribution in [2.45, 2.75) is 26.3 Å². The van der Waals surface area contributed by atoms with Crippen molar-refractivity contribution < 1.29 is 0 Å². The van der Waals surface area contributed by atoms with Gasteiger partial charge < -0.3 is 4.90 Å². The molecule has 0 saturated carbocycles. The van der Waals surface area contributed by atoms with Crippen LogP contribution in [0.5, 0.6) is 0 Å². The zero-order valence-electron chi connectivity index (χ0n) is 10.9. The molecule has 0 aromatic carbocycles. The van der Waals surface area contributed by atoms with Crippen molar-refractivity contribution in [3.63, 3.8) is 0 Å². The van der Waals surface area contributed by atoms with Gasteiger partial charge in [0, 0.05) is 31.2 Å². The highest BCUT2D eigenvalue weighted by Gasteiger charge is 2.08. The Labute approximate surface area is 107 Å². The predicted molar refractivity (Wildman–Crippen MR) is 70.3 cm³/mol. The van der Waals surface area contributed by atoms with Gasteiger partial charge in [0.15, 0.2) is 0 Å². The number of hydrogen-bond donors (Lipinski definition) is 0. The molecule has 2 heterocycles. The summed E-state index contributed by atoms with van der Waals surface area (Å²) in [4.78, 5) is 19.0. The first-order chi connectivity index (χ1) is 8.66. The molecule has 0 aliphatic rings. The highest BCUT2D eigenvalue weighted by molar-refractivity contribution is 5.38. The molecule has 0 fully saturated rings. The number of nitrogens with zero attached hydrogens (tertiary/aromatic N) is 5. The number of rotatable bonds is 4. The molecule has 2 aromatic heterocycles. The average molecular weight is 243 g/mol. The smallest absolute Gasteiger partial charge is 0.147 e. The summed E-state index contributed by atoms with van der Waals surface area (Å²) in [5.74, 6) is 2.07. The van der Waals surface area contributed by atoms with Crippen LogP contribution in [-0.2, 0) is 6.54 Å². The summed E-state index contributed by atoms with van der Waals surface area (Å²) < 4.78 is 0. The third-order valence-electron chi connectivity index (χ3n) is 2.65. The van der Waals surface area contributed by atoms with Gasteiger partial charge in [-0.1, -0.05) is 13.8 Å². The third-order valence-corrected chi connectivity index (χ3v) is 2.65. The van der Waals surface area contributed by atoms with E-state index in [4.69, 9.17) is 0 Å². The van der Waals surface area contributed by atoms with E-state index in [1.807, 2.05) is 24.1 Å². The quantitative estimate of drug-likeness (QED) is 0.822. The monoisotopic (exact) mass is 243 g/mol. The van der Waals surface area contributed by atoms with Gasteiger partial charge in [0.05, 0.1) is 6.54 Å². The first-order valence-electron chi connectivity index (χ1n) is 5.96. The molecule has 0 spiro atoms. The van der Waals surface area contributed by atoms with E-state index in [1.165, 1.54) is 0 Å². The van der Waals surface area contributed by atoms with E-state index >= 15 is 0 Å². The Hall–Kier alpha value is -2.04. The highest BCUT2D eigenvalue weighted by atomic mass is 15.2. The predicted octanol–water partition coefficient (Wildman–Crippen LogP) is 2.03. The molecule has 5 heteroatoms. The molecule has 0 aliphatic heterocycles. The van der Waals surface area contributed by atoms with Gasteiger partial charge in [-0.25, -0.2) is 19.9 Å². The molecule has 0 radical (unpaired) electrons. The SMILES string of the molecule is CC(C)c1cc(N(C)Cc2ncccn2)ncn1. The van der Waals surface area contributed by atoms with Gasteiger partial charge in [0.1, 0.15) is 18.0 Å². The van der Waals surface area contributed by atoms with Crippen LogP contribution in [0, 0.1) is 0 Å². The Morgan fingerprint density at radius 3 is 2.50 bits per heavy atom. The van der Waals surface area contributed by atoms with Gasteiger partial charge in [-0.15, -0.1) is 0 Å². The second-order valence-corrected chi connectivity index (χ2v) is 4.48. The lowest BCUT2D eigenvalue weighted by Crippen LogP contribution is -2.19. The van der Waals surface area contributed by atoms with E-state index in [0.717, 1.165) is 17.3 Å². The summed E-state index contributed by atoms with van der Waals surface area (Å²) in [6.07, 6.45) is 5.10. The van der Waals surface area contributed by atoms with Crippen LogP contribution in [0.4, 0.5) is 5.82 Å². The molecule has 18 heavy (non-hydrogen) atoms. The van der Waals surface area contributed by atoms with E-state index in [2.05, 4.69) is 33.8 Å². The molecule has 0 saturated heterocycles. The lowest BCUT2D eigenvalue weighted by atomic mass is 10.1. The summed E-state index contributed by atoms with van der Waals surface area (Å²) in [5.41, 5.74) is 1.04. The molecule has 5 nitrogen and oxygen atoms in total. The summed E-state index contributed by atoms with van der Waals surface area (Å²) in [7, 11) is 1.98. The van der Waals surface area contributed by atoms with Crippen molar-refractivity contribution in [2.75, 3.05) is 11.9 Å². The summed E-state index contributed by atoms with van der Waals surface area (Å²) in [6, 6.07) is 3.82. The summed E-state index contributed by atoms with van der Waals surface area (Å²) in [6.45, 7) is 4.87. The fraction of sp³-hybridized carbons (Fsp3) is 0.385. The maximum absolute atomic E-state index is 4.28. The molecule has 0 N–H and O–H groups in total. The number of aromatic nitrogens is 4. The molecular formula is C13H17N5. The van der Waals surface area contributed by atoms with Gasteiger partial charge in [-0.3, -0.25) is 0 Å². The lowest BCUT2D eigenvalue weighted by Gasteiger charge is -2.17. The van der Waals surface area contributed by atoms with Crippen LogP contribution in [0.15, 0.2) is 30.9 Å². The fourth-order valence-corrected chi connectivity index (χ4v) is 1.59. The van der Waals surface area contributed by atoms with E-state index in [0.29, 0.717) is 12.5 Å². The standard InChI is InChI=1S/C13H17N5/c1-10(2)11-7-13(17-9-16-11)18(3)8-12-14-5-4-6-15-12/h4-7,9-10H,8H2,1-3H3. The molecule has 94 valence electrons. The van der Waals surface area contributed by atoms with E-state index in [1.54, 1.807) is 18.7 Å². The number of hydrogen-bond acceptors (Lipinski definition) is 5. The minimum absolute atomic E-state index is 0.396. The molecular weight excluding hydrogens is 226 g/mol. The molecule has 0 aliphatic carbocycles. The van der Waals surface area contributed by atoms with Crippen molar-refractivity contribution in [1.82, 2.24) is 19.9 Å². The Morgan fingerprint density at radius 2 is 1.83 bits per heavy atom. The Morgan fingerprint density at radius 1 is 1.11 bits per heavy atom. The average Bonchev–Trinajstić information content (AvgIpc) is 2.40.